The van der Waals surface area contributed by atoms with Gasteiger partial charge in [0.2, 0.25) is 5.91 Å². The number of amides is 1. The lowest BCUT2D eigenvalue weighted by molar-refractivity contribution is -0.384. The second-order valence-electron chi connectivity index (χ2n) is 5.68. The number of carbonyl (C=O) groups excluding carboxylic acids is 1. The Labute approximate surface area is 133 Å². The molecular formula is C15H19ClN2O4. The van der Waals surface area contributed by atoms with Crippen LogP contribution >= 0.6 is 11.6 Å². The third-order valence-electron chi connectivity index (χ3n) is 4.07. The van der Waals surface area contributed by atoms with E-state index < -0.39 is 4.92 Å². The molecule has 1 saturated carbocycles. The van der Waals surface area contributed by atoms with Crippen LogP contribution < -0.4 is 5.32 Å². The predicted octanol–water partition coefficient (Wildman–Crippen LogP) is 2.46. The number of hydrogen-bond acceptors (Lipinski definition) is 4. The molecule has 2 N–H and O–H groups in total. The molecule has 2 rings (SSSR count). The Hall–Kier alpha value is -1.66. The number of aliphatic hydroxyl groups is 1. The van der Waals surface area contributed by atoms with Crippen molar-refractivity contribution in [2.45, 2.75) is 38.1 Å². The van der Waals surface area contributed by atoms with E-state index >= 15 is 0 Å². The molecule has 0 saturated heterocycles. The van der Waals surface area contributed by atoms with Crippen molar-refractivity contribution in [1.82, 2.24) is 5.32 Å². The number of non-ortho nitro benzene ring substituents is 1. The van der Waals surface area contributed by atoms with E-state index in [1.165, 1.54) is 18.2 Å². The fourth-order valence-electron chi connectivity index (χ4n) is 2.73. The molecule has 0 aromatic heterocycles. The molecule has 1 fully saturated rings. The first-order chi connectivity index (χ1) is 10.5. The Bertz CT molecular complexity index is 556. The number of nitro benzene ring substituents is 1. The van der Waals surface area contributed by atoms with E-state index in [9.17, 15) is 14.9 Å². The van der Waals surface area contributed by atoms with Crippen molar-refractivity contribution < 1.29 is 14.8 Å². The number of rotatable bonds is 5. The Morgan fingerprint density at radius 2 is 2.05 bits per heavy atom. The van der Waals surface area contributed by atoms with Gasteiger partial charge in [0, 0.05) is 24.8 Å². The number of carbonyl (C=O) groups is 1. The molecular weight excluding hydrogens is 308 g/mol. The molecule has 7 heteroatoms. The Balaban J connectivity index is 1.88. The van der Waals surface area contributed by atoms with Crippen LogP contribution in [0.2, 0.25) is 5.02 Å². The van der Waals surface area contributed by atoms with Crippen LogP contribution in [0.25, 0.3) is 0 Å². The molecule has 1 aliphatic carbocycles. The highest BCUT2D eigenvalue weighted by Gasteiger charge is 2.22. The van der Waals surface area contributed by atoms with E-state index in [0.717, 1.165) is 25.7 Å². The molecule has 22 heavy (non-hydrogen) atoms. The number of aliphatic hydroxyl groups excluding tert-OH is 1. The Morgan fingerprint density at radius 3 is 2.59 bits per heavy atom. The number of halogens is 1. The van der Waals surface area contributed by atoms with Gasteiger partial charge in [-0.05, 0) is 37.2 Å². The topological polar surface area (TPSA) is 92.5 Å². The monoisotopic (exact) mass is 326 g/mol. The summed E-state index contributed by atoms with van der Waals surface area (Å²) >= 11 is 5.99. The van der Waals surface area contributed by atoms with Crippen LogP contribution in [0.15, 0.2) is 18.2 Å². The normalized spacial score (nSPS) is 21.4. The van der Waals surface area contributed by atoms with Gasteiger partial charge >= 0.3 is 0 Å². The van der Waals surface area contributed by atoms with Gasteiger partial charge in [-0.2, -0.15) is 0 Å². The Morgan fingerprint density at radius 1 is 1.36 bits per heavy atom. The standard InChI is InChI=1S/C15H19ClN2O4/c16-14-8-13(18(21)22)6-3-11(14)7-15(20)17-12-4-1-10(9-19)2-5-12/h3,6,8,10,12,19H,1-2,4-5,7,9H2,(H,17,20). The molecule has 1 aromatic rings. The summed E-state index contributed by atoms with van der Waals surface area (Å²) < 4.78 is 0. The van der Waals surface area contributed by atoms with Gasteiger partial charge in [0.05, 0.1) is 16.4 Å². The van der Waals surface area contributed by atoms with Crippen LogP contribution in [0, 0.1) is 16.0 Å². The molecule has 0 heterocycles. The lowest BCUT2D eigenvalue weighted by Gasteiger charge is -2.28. The van der Waals surface area contributed by atoms with Gasteiger partial charge in [-0.3, -0.25) is 14.9 Å². The van der Waals surface area contributed by atoms with Gasteiger partial charge < -0.3 is 10.4 Å². The Kier molecular flexibility index (Phi) is 5.74. The fourth-order valence-corrected chi connectivity index (χ4v) is 2.98. The zero-order chi connectivity index (χ0) is 16.1. The van der Waals surface area contributed by atoms with Crippen molar-refractivity contribution in [3.63, 3.8) is 0 Å². The van der Waals surface area contributed by atoms with E-state index in [0.29, 0.717) is 11.5 Å². The molecule has 1 amide bonds. The minimum Gasteiger partial charge on any atom is -0.396 e. The number of nitrogens with zero attached hydrogens (tertiary/aromatic N) is 1. The van der Waals surface area contributed by atoms with Crippen molar-refractivity contribution in [2.24, 2.45) is 5.92 Å². The average molecular weight is 327 g/mol. The maximum absolute atomic E-state index is 12.0. The van der Waals surface area contributed by atoms with Crippen LogP contribution in [0.4, 0.5) is 5.69 Å². The van der Waals surface area contributed by atoms with Crippen LogP contribution in [0.3, 0.4) is 0 Å². The highest BCUT2D eigenvalue weighted by molar-refractivity contribution is 6.31. The average Bonchev–Trinajstić information content (AvgIpc) is 2.50. The summed E-state index contributed by atoms with van der Waals surface area (Å²) in [4.78, 5) is 22.2. The molecule has 0 aliphatic heterocycles. The van der Waals surface area contributed by atoms with Crippen molar-refractivity contribution in [1.29, 1.82) is 0 Å². The SMILES string of the molecule is O=C(Cc1ccc([N+](=O)[O-])cc1Cl)NC1CCC(CO)CC1. The number of hydrogen-bond donors (Lipinski definition) is 2. The molecule has 120 valence electrons. The maximum Gasteiger partial charge on any atom is 0.270 e. The number of benzene rings is 1. The molecule has 0 unspecified atom stereocenters. The van der Waals surface area contributed by atoms with E-state index in [1.54, 1.807) is 0 Å². The van der Waals surface area contributed by atoms with Gasteiger partial charge in [0.25, 0.3) is 5.69 Å². The quantitative estimate of drug-likeness (QED) is 0.642. The maximum atomic E-state index is 12.0. The summed E-state index contributed by atoms with van der Waals surface area (Å²) in [5.41, 5.74) is 0.491. The molecule has 0 atom stereocenters. The van der Waals surface area contributed by atoms with Gasteiger partial charge in [0.15, 0.2) is 0 Å². The smallest absolute Gasteiger partial charge is 0.270 e. The molecule has 0 bridgehead atoms. The number of nitro groups is 1. The van der Waals surface area contributed by atoms with Crippen molar-refractivity contribution in [3.8, 4) is 0 Å². The van der Waals surface area contributed by atoms with Crippen LogP contribution in [-0.4, -0.2) is 28.6 Å². The van der Waals surface area contributed by atoms with Crippen molar-refractivity contribution in [2.75, 3.05) is 6.61 Å². The largest absolute Gasteiger partial charge is 0.396 e. The second kappa shape index (κ2) is 7.56. The summed E-state index contributed by atoms with van der Waals surface area (Å²) in [6.45, 7) is 0.207. The van der Waals surface area contributed by atoms with Crippen molar-refractivity contribution in [3.05, 3.63) is 38.9 Å². The highest BCUT2D eigenvalue weighted by Crippen LogP contribution is 2.25. The summed E-state index contributed by atoms with van der Waals surface area (Å²) in [5, 5.41) is 22.9. The molecule has 1 aliphatic rings. The van der Waals surface area contributed by atoms with Crippen LogP contribution in [0.1, 0.15) is 31.2 Å². The lowest BCUT2D eigenvalue weighted by atomic mass is 9.86. The first-order valence-corrected chi connectivity index (χ1v) is 7.70. The molecule has 1 aromatic carbocycles. The van der Waals surface area contributed by atoms with Gasteiger partial charge in [0.1, 0.15) is 0 Å². The minimum absolute atomic E-state index is 0.0866. The van der Waals surface area contributed by atoms with E-state index in [-0.39, 0.29) is 35.7 Å². The zero-order valence-corrected chi connectivity index (χ0v) is 12.9. The third kappa shape index (κ3) is 4.42. The number of nitrogens with one attached hydrogen (secondary N) is 1. The van der Waals surface area contributed by atoms with Gasteiger partial charge in [-0.25, -0.2) is 0 Å². The molecule has 0 spiro atoms. The first kappa shape index (κ1) is 16.7. The third-order valence-corrected chi connectivity index (χ3v) is 4.42. The van der Waals surface area contributed by atoms with Crippen molar-refractivity contribution >= 4 is 23.2 Å². The van der Waals surface area contributed by atoms with E-state index in [4.69, 9.17) is 16.7 Å². The molecule has 0 radical (unpaired) electrons. The molecule has 6 nitrogen and oxygen atoms in total. The summed E-state index contributed by atoms with van der Waals surface area (Å²) in [7, 11) is 0. The first-order valence-electron chi connectivity index (χ1n) is 7.32. The van der Waals surface area contributed by atoms with Gasteiger partial charge in [-0.1, -0.05) is 17.7 Å². The highest BCUT2D eigenvalue weighted by atomic mass is 35.5. The van der Waals surface area contributed by atoms with E-state index in [2.05, 4.69) is 5.32 Å². The summed E-state index contributed by atoms with van der Waals surface area (Å²) in [6, 6.07) is 4.26. The minimum atomic E-state index is -0.519. The fraction of sp³-hybridized carbons (Fsp3) is 0.533. The van der Waals surface area contributed by atoms with Crippen LogP contribution in [-0.2, 0) is 11.2 Å². The van der Waals surface area contributed by atoms with Gasteiger partial charge in [-0.15, -0.1) is 0 Å². The van der Waals surface area contributed by atoms with E-state index in [1.807, 2.05) is 0 Å². The zero-order valence-electron chi connectivity index (χ0n) is 12.1. The lowest BCUT2D eigenvalue weighted by Crippen LogP contribution is -2.38. The predicted molar refractivity (Wildman–Crippen MR) is 82.8 cm³/mol. The summed E-state index contributed by atoms with van der Waals surface area (Å²) in [5.74, 6) is 0.209. The van der Waals surface area contributed by atoms with Crippen LogP contribution in [0.5, 0.6) is 0 Å². The summed E-state index contributed by atoms with van der Waals surface area (Å²) in [6.07, 6.45) is 3.67. The second-order valence-corrected chi connectivity index (χ2v) is 6.08.